The molecule has 17 heavy (non-hydrogen) atoms. The molecule has 1 aromatic rings. The SMILES string of the molecule is CC=C(C(=O)ON)C(=O)OCc1ccccc1. The number of allylic oxidation sites excluding steroid dienone is 1. The molecule has 0 fully saturated rings. The molecule has 90 valence electrons. The second-order valence-electron chi connectivity index (χ2n) is 3.17. The van der Waals surface area contributed by atoms with Gasteiger partial charge in [-0.15, -0.1) is 0 Å². The monoisotopic (exact) mass is 235 g/mol. The molecule has 0 aliphatic rings. The molecule has 5 heteroatoms. The highest BCUT2D eigenvalue weighted by Gasteiger charge is 2.19. The molecule has 1 rings (SSSR count). The van der Waals surface area contributed by atoms with Crippen LogP contribution in [0.25, 0.3) is 0 Å². The van der Waals surface area contributed by atoms with Crippen molar-refractivity contribution in [3.05, 3.63) is 47.5 Å². The van der Waals surface area contributed by atoms with Crippen molar-refractivity contribution in [2.24, 2.45) is 5.90 Å². The predicted octanol–water partition coefficient (Wildman–Crippen LogP) is 1.09. The number of ether oxygens (including phenoxy) is 1. The number of benzene rings is 1. The number of carbonyl (C=O) groups is 2. The maximum Gasteiger partial charge on any atom is 0.363 e. The Labute approximate surface area is 98.8 Å². The fraction of sp³-hybridized carbons (Fsp3) is 0.167. The van der Waals surface area contributed by atoms with Gasteiger partial charge in [-0.05, 0) is 12.5 Å². The Morgan fingerprint density at radius 1 is 1.24 bits per heavy atom. The van der Waals surface area contributed by atoms with Crippen LogP contribution >= 0.6 is 0 Å². The highest BCUT2D eigenvalue weighted by Crippen LogP contribution is 2.05. The number of nitrogens with two attached hydrogens (primary N) is 1. The average molecular weight is 235 g/mol. The van der Waals surface area contributed by atoms with E-state index in [4.69, 9.17) is 10.6 Å². The molecule has 0 saturated heterocycles. The van der Waals surface area contributed by atoms with Crippen LogP contribution in [-0.4, -0.2) is 11.9 Å². The first kappa shape index (κ1) is 12.9. The highest BCUT2D eigenvalue weighted by molar-refractivity contribution is 6.13. The Kier molecular flexibility index (Phi) is 4.90. The standard InChI is InChI=1S/C12H13NO4/c1-2-10(12(15)17-13)11(14)16-8-9-6-4-3-5-7-9/h2-7H,8,13H2,1H3. The summed E-state index contributed by atoms with van der Waals surface area (Å²) >= 11 is 0. The molecular weight excluding hydrogens is 222 g/mol. The normalized spacial score (nSPS) is 10.8. The summed E-state index contributed by atoms with van der Waals surface area (Å²) in [5.74, 6) is 3.03. The summed E-state index contributed by atoms with van der Waals surface area (Å²) in [6.45, 7) is 1.62. The van der Waals surface area contributed by atoms with Crippen molar-refractivity contribution in [3.8, 4) is 0 Å². The molecular formula is C12H13NO4. The van der Waals surface area contributed by atoms with Crippen molar-refractivity contribution in [2.45, 2.75) is 13.5 Å². The molecule has 0 amide bonds. The lowest BCUT2D eigenvalue weighted by molar-refractivity contribution is -0.148. The molecule has 0 radical (unpaired) electrons. The van der Waals surface area contributed by atoms with Crippen LogP contribution in [0.5, 0.6) is 0 Å². The maximum atomic E-state index is 11.5. The number of esters is 1. The van der Waals surface area contributed by atoms with E-state index >= 15 is 0 Å². The number of hydrogen-bond acceptors (Lipinski definition) is 5. The lowest BCUT2D eigenvalue weighted by Crippen LogP contribution is -2.20. The van der Waals surface area contributed by atoms with Gasteiger partial charge >= 0.3 is 11.9 Å². The Hall–Kier alpha value is -2.14. The molecule has 5 nitrogen and oxygen atoms in total. The third-order valence-electron chi connectivity index (χ3n) is 2.05. The smallest absolute Gasteiger partial charge is 0.363 e. The van der Waals surface area contributed by atoms with Gasteiger partial charge in [0, 0.05) is 0 Å². The van der Waals surface area contributed by atoms with E-state index in [1.165, 1.54) is 13.0 Å². The van der Waals surface area contributed by atoms with Gasteiger partial charge < -0.3 is 9.57 Å². The summed E-state index contributed by atoms with van der Waals surface area (Å²) in [5.41, 5.74) is 0.612. The van der Waals surface area contributed by atoms with Crippen LogP contribution in [0, 0.1) is 0 Å². The predicted molar refractivity (Wildman–Crippen MR) is 60.3 cm³/mol. The molecule has 0 spiro atoms. The van der Waals surface area contributed by atoms with Crippen LogP contribution in [0.2, 0.25) is 0 Å². The van der Waals surface area contributed by atoms with Gasteiger partial charge in [-0.3, -0.25) is 0 Å². The minimum atomic E-state index is -0.912. The second kappa shape index (κ2) is 6.44. The van der Waals surface area contributed by atoms with Crippen molar-refractivity contribution in [1.29, 1.82) is 0 Å². The zero-order valence-corrected chi connectivity index (χ0v) is 9.38. The summed E-state index contributed by atoms with van der Waals surface area (Å²) in [6, 6.07) is 9.13. The first-order chi connectivity index (χ1) is 8.19. The summed E-state index contributed by atoms with van der Waals surface area (Å²) in [4.78, 5) is 26.5. The van der Waals surface area contributed by atoms with Gasteiger partial charge in [0.25, 0.3) is 0 Å². The van der Waals surface area contributed by atoms with Gasteiger partial charge in [-0.1, -0.05) is 36.4 Å². The topological polar surface area (TPSA) is 78.6 Å². The van der Waals surface area contributed by atoms with E-state index in [9.17, 15) is 9.59 Å². The molecule has 0 bridgehead atoms. The Bertz CT molecular complexity index is 425. The summed E-state index contributed by atoms with van der Waals surface area (Å²) in [7, 11) is 0. The van der Waals surface area contributed by atoms with Gasteiger partial charge in [-0.2, -0.15) is 5.90 Å². The van der Waals surface area contributed by atoms with Crippen molar-refractivity contribution in [1.82, 2.24) is 0 Å². The summed E-state index contributed by atoms with van der Waals surface area (Å²) in [6.07, 6.45) is 1.29. The Morgan fingerprint density at radius 2 is 1.88 bits per heavy atom. The molecule has 1 aromatic carbocycles. The van der Waals surface area contributed by atoms with Crippen molar-refractivity contribution >= 4 is 11.9 Å². The molecule has 0 aliphatic heterocycles. The third-order valence-corrected chi connectivity index (χ3v) is 2.05. The zero-order chi connectivity index (χ0) is 12.7. The van der Waals surface area contributed by atoms with E-state index in [1.54, 1.807) is 0 Å². The molecule has 0 unspecified atom stereocenters. The molecule has 0 atom stereocenters. The van der Waals surface area contributed by atoms with E-state index in [1.807, 2.05) is 30.3 Å². The molecule has 0 aliphatic carbocycles. The number of hydrogen-bond donors (Lipinski definition) is 1. The summed E-state index contributed by atoms with van der Waals surface area (Å²) in [5, 5.41) is 0. The Balaban J connectivity index is 2.58. The van der Waals surface area contributed by atoms with Crippen LogP contribution in [0.3, 0.4) is 0 Å². The van der Waals surface area contributed by atoms with Crippen molar-refractivity contribution in [2.75, 3.05) is 0 Å². The lowest BCUT2D eigenvalue weighted by atomic mass is 10.2. The fourth-order valence-electron chi connectivity index (χ4n) is 1.18. The van der Waals surface area contributed by atoms with Crippen molar-refractivity contribution in [3.63, 3.8) is 0 Å². The molecule has 0 aromatic heterocycles. The maximum absolute atomic E-state index is 11.5. The number of carbonyl (C=O) groups excluding carboxylic acids is 2. The first-order valence-electron chi connectivity index (χ1n) is 4.97. The van der Waals surface area contributed by atoms with Crippen LogP contribution in [-0.2, 0) is 25.8 Å². The van der Waals surface area contributed by atoms with Gasteiger partial charge in [0.15, 0.2) is 0 Å². The minimum Gasteiger partial charge on any atom is -0.457 e. The van der Waals surface area contributed by atoms with Crippen LogP contribution in [0.4, 0.5) is 0 Å². The van der Waals surface area contributed by atoms with E-state index in [-0.39, 0.29) is 12.2 Å². The van der Waals surface area contributed by atoms with E-state index in [0.717, 1.165) is 5.56 Å². The van der Waals surface area contributed by atoms with Gasteiger partial charge in [0.05, 0.1) is 0 Å². The van der Waals surface area contributed by atoms with Crippen molar-refractivity contribution < 1.29 is 19.2 Å². The van der Waals surface area contributed by atoms with E-state index < -0.39 is 11.9 Å². The molecule has 0 heterocycles. The number of rotatable bonds is 4. The van der Waals surface area contributed by atoms with Gasteiger partial charge in [0.1, 0.15) is 12.2 Å². The quantitative estimate of drug-likeness (QED) is 0.278. The fourth-order valence-corrected chi connectivity index (χ4v) is 1.18. The van der Waals surface area contributed by atoms with Gasteiger partial charge in [-0.25, -0.2) is 9.59 Å². The molecule has 2 N–H and O–H groups in total. The van der Waals surface area contributed by atoms with E-state index in [0.29, 0.717) is 0 Å². The first-order valence-corrected chi connectivity index (χ1v) is 4.97. The van der Waals surface area contributed by atoms with Crippen LogP contribution in [0.1, 0.15) is 12.5 Å². The minimum absolute atomic E-state index is 0.0921. The molecule has 0 saturated carbocycles. The van der Waals surface area contributed by atoms with E-state index in [2.05, 4.69) is 4.84 Å². The highest BCUT2D eigenvalue weighted by atomic mass is 16.7. The van der Waals surface area contributed by atoms with Crippen LogP contribution in [0.15, 0.2) is 42.0 Å². The zero-order valence-electron chi connectivity index (χ0n) is 9.38. The average Bonchev–Trinajstić information content (AvgIpc) is 2.38. The summed E-state index contributed by atoms with van der Waals surface area (Å²) < 4.78 is 4.94. The third kappa shape index (κ3) is 3.73. The Morgan fingerprint density at radius 3 is 2.41 bits per heavy atom. The second-order valence-corrected chi connectivity index (χ2v) is 3.17. The van der Waals surface area contributed by atoms with Crippen LogP contribution < -0.4 is 5.90 Å². The lowest BCUT2D eigenvalue weighted by Gasteiger charge is -2.05. The largest absolute Gasteiger partial charge is 0.457 e. The van der Waals surface area contributed by atoms with Gasteiger partial charge in [0.2, 0.25) is 0 Å².